The van der Waals surface area contributed by atoms with Crippen LogP contribution in [0.5, 0.6) is 0 Å². The van der Waals surface area contributed by atoms with E-state index in [1.807, 2.05) is 4.90 Å². The molecule has 0 radical (unpaired) electrons. The number of fused-ring (bicyclic) bond motifs is 3. The molecule has 1 saturated heterocycles. The van der Waals surface area contributed by atoms with Crippen molar-refractivity contribution in [3.8, 4) is 0 Å². The molecule has 3 heterocycles. The molecule has 2 atom stereocenters. The van der Waals surface area contributed by atoms with Gasteiger partial charge in [-0.05, 0) is 0 Å². The maximum absolute atomic E-state index is 10.0. The minimum absolute atomic E-state index is 0.298. The van der Waals surface area contributed by atoms with Gasteiger partial charge in [-0.3, -0.25) is 0 Å². The van der Waals surface area contributed by atoms with Gasteiger partial charge in [0.05, 0.1) is 18.9 Å². The van der Waals surface area contributed by atoms with Crippen LogP contribution in [0, 0.1) is 0 Å². The molecule has 1 aromatic rings. The molecule has 6 nitrogen and oxygen atoms in total. The Kier molecular flexibility index (Phi) is 2.48. The summed E-state index contributed by atoms with van der Waals surface area (Å²) in [5, 5.41) is 18.1. The second kappa shape index (κ2) is 3.78. The van der Waals surface area contributed by atoms with Gasteiger partial charge in [-0.15, -0.1) is 10.2 Å². The Morgan fingerprint density at radius 1 is 1.59 bits per heavy atom. The summed E-state index contributed by atoms with van der Waals surface area (Å²) in [4.78, 5) is 2.00. The molecule has 0 spiro atoms. The van der Waals surface area contributed by atoms with Crippen LogP contribution < -0.4 is 10.6 Å². The highest BCUT2D eigenvalue weighted by Crippen LogP contribution is 2.40. The fourth-order valence-corrected chi connectivity index (χ4v) is 2.63. The number of anilines is 1. The molecule has 0 bridgehead atoms. The van der Waals surface area contributed by atoms with Crippen molar-refractivity contribution < 1.29 is 9.84 Å². The Hall–Kier alpha value is -0.950. The average molecular weight is 257 g/mol. The number of aromatic nitrogens is 2. The lowest BCUT2D eigenvalue weighted by Crippen LogP contribution is -2.65. The molecule has 0 aliphatic carbocycles. The van der Waals surface area contributed by atoms with Gasteiger partial charge in [-0.25, -0.2) is 0 Å². The first kappa shape index (κ1) is 11.2. The van der Waals surface area contributed by atoms with Gasteiger partial charge in [0.15, 0.2) is 5.15 Å². The molecule has 0 saturated carbocycles. The molecule has 17 heavy (non-hydrogen) atoms. The van der Waals surface area contributed by atoms with Crippen molar-refractivity contribution in [2.45, 2.75) is 18.2 Å². The van der Waals surface area contributed by atoms with Gasteiger partial charge < -0.3 is 20.5 Å². The first-order valence-corrected chi connectivity index (χ1v) is 5.83. The summed E-state index contributed by atoms with van der Waals surface area (Å²) in [7, 11) is 0. The fourth-order valence-electron chi connectivity index (χ4n) is 2.49. The topological polar surface area (TPSA) is 84.5 Å². The summed E-state index contributed by atoms with van der Waals surface area (Å²) in [6.07, 6.45) is -0.339. The molecule has 3 N–H and O–H groups in total. The normalized spacial score (nSPS) is 31.9. The van der Waals surface area contributed by atoms with Gasteiger partial charge >= 0.3 is 0 Å². The third kappa shape index (κ3) is 1.68. The number of aliphatic hydroxyl groups excluding tert-OH is 1. The molecular formula is C10H13ClN4O2. The summed E-state index contributed by atoms with van der Waals surface area (Å²) in [5.41, 5.74) is 6.88. The SMILES string of the molecule is NC12COCCN1c1cc(Cl)nnc1C(O)C2. The molecule has 7 heteroatoms. The summed E-state index contributed by atoms with van der Waals surface area (Å²) in [5.74, 6) is 0. The van der Waals surface area contributed by atoms with Crippen molar-refractivity contribution in [3.05, 3.63) is 16.9 Å². The number of halogens is 1. The van der Waals surface area contributed by atoms with Crippen LogP contribution in [-0.2, 0) is 4.74 Å². The minimum Gasteiger partial charge on any atom is -0.386 e. The lowest BCUT2D eigenvalue weighted by Gasteiger charge is -2.49. The van der Waals surface area contributed by atoms with Gasteiger partial charge in [0.1, 0.15) is 17.5 Å². The van der Waals surface area contributed by atoms with Crippen LogP contribution >= 0.6 is 11.6 Å². The number of hydrogen-bond donors (Lipinski definition) is 2. The van der Waals surface area contributed by atoms with E-state index in [-0.39, 0.29) is 0 Å². The van der Waals surface area contributed by atoms with Crippen LogP contribution in [0.2, 0.25) is 5.15 Å². The highest BCUT2D eigenvalue weighted by atomic mass is 35.5. The molecule has 0 aromatic carbocycles. The quantitative estimate of drug-likeness (QED) is 0.683. The Morgan fingerprint density at radius 3 is 3.24 bits per heavy atom. The fraction of sp³-hybridized carbons (Fsp3) is 0.600. The summed E-state index contributed by atoms with van der Waals surface area (Å²) >= 11 is 5.85. The van der Waals surface area contributed by atoms with E-state index in [0.717, 1.165) is 5.69 Å². The third-order valence-electron chi connectivity index (χ3n) is 3.27. The molecule has 2 aliphatic heterocycles. The van der Waals surface area contributed by atoms with E-state index in [2.05, 4.69) is 10.2 Å². The van der Waals surface area contributed by atoms with E-state index in [4.69, 9.17) is 22.1 Å². The van der Waals surface area contributed by atoms with E-state index in [9.17, 15) is 5.11 Å². The number of nitrogens with two attached hydrogens (primary N) is 1. The second-order valence-electron chi connectivity index (χ2n) is 4.47. The molecule has 3 rings (SSSR count). The van der Waals surface area contributed by atoms with Crippen molar-refractivity contribution >= 4 is 17.3 Å². The number of aliphatic hydroxyl groups is 1. The van der Waals surface area contributed by atoms with Crippen molar-refractivity contribution in [3.63, 3.8) is 0 Å². The van der Waals surface area contributed by atoms with E-state index in [1.165, 1.54) is 0 Å². The molecule has 1 aromatic heterocycles. The summed E-state index contributed by atoms with van der Waals surface area (Å²) < 4.78 is 5.39. The zero-order valence-corrected chi connectivity index (χ0v) is 9.89. The first-order valence-electron chi connectivity index (χ1n) is 5.46. The van der Waals surface area contributed by atoms with Crippen molar-refractivity contribution in [1.82, 2.24) is 10.2 Å². The number of nitrogens with zero attached hydrogens (tertiary/aromatic N) is 3. The zero-order chi connectivity index (χ0) is 12.0. The Labute approximate surface area is 103 Å². The minimum atomic E-state index is -0.724. The van der Waals surface area contributed by atoms with Gasteiger partial charge in [-0.1, -0.05) is 11.6 Å². The van der Waals surface area contributed by atoms with Crippen LogP contribution in [0.25, 0.3) is 0 Å². The van der Waals surface area contributed by atoms with Crippen LogP contribution in [0.3, 0.4) is 0 Å². The van der Waals surface area contributed by atoms with Crippen molar-refractivity contribution in [1.29, 1.82) is 0 Å². The Morgan fingerprint density at radius 2 is 2.41 bits per heavy atom. The average Bonchev–Trinajstić information content (AvgIpc) is 2.28. The lowest BCUT2D eigenvalue weighted by molar-refractivity contribution is 0.0143. The van der Waals surface area contributed by atoms with E-state index >= 15 is 0 Å². The molecule has 92 valence electrons. The molecule has 2 aliphatic rings. The molecule has 2 unspecified atom stereocenters. The van der Waals surface area contributed by atoms with E-state index in [1.54, 1.807) is 6.07 Å². The number of ether oxygens (including phenoxy) is 1. The third-order valence-corrected chi connectivity index (χ3v) is 3.46. The second-order valence-corrected chi connectivity index (χ2v) is 4.85. The van der Waals surface area contributed by atoms with Gasteiger partial charge in [-0.2, -0.15) is 0 Å². The number of morpholine rings is 1. The van der Waals surface area contributed by atoms with Crippen LogP contribution in [-0.4, -0.2) is 40.7 Å². The summed E-state index contributed by atoms with van der Waals surface area (Å²) in [6.45, 7) is 1.66. The van der Waals surface area contributed by atoms with Crippen LogP contribution in [0.15, 0.2) is 6.07 Å². The first-order chi connectivity index (χ1) is 8.10. The Balaban J connectivity index is 2.11. The van der Waals surface area contributed by atoms with Crippen molar-refractivity contribution in [2.24, 2.45) is 5.73 Å². The number of rotatable bonds is 0. The van der Waals surface area contributed by atoms with Crippen LogP contribution in [0.4, 0.5) is 5.69 Å². The van der Waals surface area contributed by atoms with Crippen LogP contribution in [0.1, 0.15) is 18.2 Å². The lowest BCUT2D eigenvalue weighted by atomic mass is 9.92. The van der Waals surface area contributed by atoms with Gasteiger partial charge in [0, 0.05) is 19.0 Å². The Bertz CT molecular complexity index is 458. The van der Waals surface area contributed by atoms with E-state index in [0.29, 0.717) is 37.0 Å². The predicted molar refractivity (Wildman–Crippen MR) is 61.7 cm³/mol. The standard InChI is InChI=1S/C10H13ClN4O2/c11-8-3-6-9(14-13-8)7(16)4-10(12)5-17-2-1-15(6)10/h3,7,16H,1-2,4-5,12H2. The highest BCUT2D eigenvalue weighted by Gasteiger charge is 2.44. The van der Waals surface area contributed by atoms with E-state index < -0.39 is 11.8 Å². The maximum Gasteiger partial charge on any atom is 0.153 e. The number of hydrogen-bond acceptors (Lipinski definition) is 6. The molecule has 0 amide bonds. The van der Waals surface area contributed by atoms with Gasteiger partial charge in [0.25, 0.3) is 0 Å². The van der Waals surface area contributed by atoms with Gasteiger partial charge in [0.2, 0.25) is 0 Å². The van der Waals surface area contributed by atoms with Crippen molar-refractivity contribution in [2.75, 3.05) is 24.7 Å². The monoisotopic (exact) mass is 256 g/mol. The summed E-state index contributed by atoms with van der Waals surface area (Å²) in [6, 6.07) is 1.69. The highest BCUT2D eigenvalue weighted by molar-refractivity contribution is 6.29. The smallest absolute Gasteiger partial charge is 0.153 e. The molecular weight excluding hydrogens is 244 g/mol. The predicted octanol–water partition coefficient (Wildman–Crippen LogP) is 0.0587. The maximum atomic E-state index is 10.0. The zero-order valence-electron chi connectivity index (χ0n) is 9.14. The largest absolute Gasteiger partial charge is 0.386 e. The molecule has 1 fully saturated rings.